The zero-order valence-electron chi connectivity index (χ0n) is 18.0. The molecule has 7 nitrogen and oxygen atoms in total. The van der Waals surface area contributed by atoms with E-state index in [9.17, 15) is 18.4 Å². The minimum Gasteiger partial charge on any atom is -0.298 e. The van der Waals surface area contributed by atoms with E-state index in [0.717, 1.165) is 22.4 Å². The number of hydrogen-bond donors (Lipinski definition) is 1. The number of pyridine rings is 1. The topological polar surface area (TPSA) is 81.8 Å². The molecule has 0 aliphatic heterocycles. The lowest BCUT2D eigenvalue weighted by molar-refractivity contribution is 0.102. The number of fused-ring (bicyclic) bond motifs is 1. The molecule has 1 N–H and O–H groups in total. The Kier molecular flexibility index (Phi) is 5.29. The number of rotatable bonds is 4. The number of carbonyl (C=O) groups excluding carboxylic acids is 1. The molecule has 0 radical (unpaired) electrons. The van der Waals surface area contributed by atoms with Crippen molar-refractivity contribution in [2.75, 3.05) is 5.32 Å². The Morgan fingerprint density at radius 1 is 1.09 bits per heavy atom. The van der Waals surface area contributed by atoms with Crippen molar-refractivity contribution in [3.8, 4) is 16.8 Å². The number of benzene rings is 2. The smallest absolute Gasteiger partial charge is 0.259 e. The van der Waals surface area contributed by atoms with Gasteiger partial charge in [0.15, 0.2) is 16.8 Å². The highest BCUT2D eigenvalue weighted by molar-refractivity contribution is 7.13. The first-order valence-corrected chi connectivity index (χ1v) is 11.1. The minimum atomic E-state index is -0.795. The normalized spacial score (nSPS) is 11.2. The molecule has 0 fully saturated rings. The Hall–Kier alpha value is -4.18. The van der Waals surface area contributed by atoms with Gasteiger partial charge in [-0.1, -0.05) is 12.1 Å². The number of para-hydroxylation sites is 1. The molecule has 10 heteroatoms. The van der Waals surface area contributed by atoms with Crippen LogP contribution >= 0.6 is 11.3 Å². The fourth-order valence-electron chi connectivity index (χ4n) is 3.84. The molecule has 1 amide bonds. The largest absolute Gasteiger partial charge is 0.298 e. The summed E-state index contributed by atoms with van der Waals surface area (Å²) in [6.07, 6.45) is 3.03. The number of thiazole rings is 1. The van der Waals surface area contributed by atoms with Crippen molar-refractivity contribution in [3.63, 3.8) is 0 Å². The Labute approximate surface area is 195 Å². The first kappa shape index (κ1) is 21.7. The molecule has 3 heterocycles. The van der Waals surface area contributed by atoms with Gasteiger partial charge in [-0.2, -0.15) is 5.10 Å². The third-order valence-electron chi connectivity index (χ3n) is 5.52. The summed E-state index contributed by atoms with van der Waals surface area (Å²) in [5.41, 5.74) is 1.54. The van der Waals surface area contributed by atoms with Gasteiger partial charge in [0, 0.05) is 35.1 Å². The molecule has 0 saturated heterocycles. The average Bonchev–Trinajstić information content (AvgIpc) is 3.47. The maximum Gasteiger partial charge on any atom is 0.259 e. The zero-order valence-corrected chi connectivity index (χ0v) is 18.9. The molecule has 34 heavy (non-hydrogen) atoms. The first-order valence-electron chi connectivity index (χ1n) is 10.2. The highest BCUT2D eigenvalue weighted by Crippen LogP contribution is 2.28. The van der Waals surface area contributed by atoms with Gasteiger partial charge in [0.05, 0.1) is 6.20 Å². The molecule has 0 aliphatic rings. The second-order valence-corrected chi connectivity index (χ2v) is 8.54. The summed E-state index contributed by atoms with van der Waals surface area (Å²) in [6.45, 7) is 1.83. The SMILES string of the molecule is Cc1ccc(C(=O)Nc2nccs2)cc1-c1cc2cnn(-c3c(F)cccc3F)c2n(C)c1=O. The number of carbonyl (C=O) groups is 1. The third-order valence-corrected chi connectivity index (χ3v) is 6.20. The van der Waals surface area contributed by atoms with Crippen LogP contribution in [0.4, 0.5) is 13.9 Å². The third kappa shape index (κ3) is 3.57. The number of aryl methyl sites for hydroxylation is 2. The van der Waals surface area contributed by atoms with Crippen LogP contribution in [0, 0.1) is 18.6 Å². The van der Waals surface area contributed by atoms with Crippen LogP contribution < -0.4 is 10.9 Å². The van der Waals surface area contributed by atoms with Gasteiger partial charge in [-0.25, -0.2) is 18.4 Å². The van der Waals surface area contributed by atoms with Crippen molar-refractivity contribution in [2.24, 2.45) is 7.05 Å². The van der Waals surface area contributed by atoms with Crippen LogP contribution in [-0.2, 0) is 7.05 Å². The molecule has 0 unspecified atom stereocenters. The van der Waals surface area contributed by atoms with E-state index in [1.807, 2.05) is 6.92 Å². The summed E-state index contributed by atoms with van der Waals surface area (Å²) in [5, 5.41) is 9.60. The molecule has 0 spiro atoms. The number of aromatic nitrogens is 4. The van der Waals surface area contributed by atoms with E-state index < -0.39 is 17.2 Å². The summed E-state index contributed by atoms with van der Waals surface area (Å²) in [4.78, 5) is 30.1. The van der Waals surface area contributed by atoms with Gasteiger partial charge >= 0.3 is 0 Å². The average molecular weight is 477 g/mol. The maximum absolute atomic E-state index is 14.4. The van der Waals surface area contributed by atoms with Crippen LogP contribution in [0.3, 0.4) is 0 Å². The van der Waals surface area contributed by atoms with E-state index >= 15 is 0 Å². The Balaban J connectivity index is 1.64. The lowest BCUT2D eigenvalue weighted by Gasteiger charge is -2.13. The fourth-order valence-corrected chi connectivity index (χ4v) is 4.37. The van der Waals surface area contributed by atoms with Gasteiger partial charge in [-0.15, -0.1) is 11.3 Å². The Morgan fingerprint density at radius 2 is 1.85 bits per heavy atom. The fraction of sp³-hybridized carbons (Fsp3) is 0.0833. The van der Waals surface area contributed by atoms with Crippen LogP contribution in [0.15, 0.2) is 65.0 Å². The van der Waals surface area contributed by atoms with E-state index in [1.165, 1.54) is 35.2 Å². The zero-order chi connectivity index (χ0) is 24.0. The molecule has 0 atom stereocenters. The van der Waals surface area contributed by atoms with Crippen LogP contribution in [0.25, 0.3) is 27.8 Å². The molecule has 2 aromatic carbocycles. The predicted molar refractivity (Wildman–Crippen MR) is 126 cm³/mol. The van der Waals surface area contributed by atoms with E-state index in [-0.39, 0.29) is 17.2 Å². The molecule has 5 aromatic rings. The van der Waals surface area contributed by atoms with Crippen LogP contribution in [0.5, 0.6) is 0 Å². The molecular formula is C24H17F2N5O2S. The van der Waals surface area contributed by atoms with Crippen LogP contribution in [0.2, 0.25) is 0 Å². The van der Waals surface area contributed by atoms with Crippen LogP contribution in [0.1, 0.15) is 15.9 Å². The highest BCUT2D eigenvalue weighted by Gasteiger charge is 2.20. The number of anilines is 1. The number of amides is 1. The monoisotopic (exact) mass is 477 g/mol. The van der Waals surface area contributed by atoms with Crippen molar-refractivity contribution in [1.82, 2.24) is 19.3 Å². The quantitative estimate of drug-likeness (QED) is 0.407. The van der Waals surface area contributed by atoms with Crippen molar-refractivity contribution in [3.05, 3.63) is 93.4 Å². The van der Waals surface area contributed by atoms with Gasteiger partial charge < -0.3 is 0 Å². The Bertz CT molecular complexity index is 1600. The van der Waals surface area contributed by atoms with Crippen molar-refractivity contribution in [1.29, 1.82) is 0 Å². The summed E-state index contributed by atoms with van der Waals surface area (Å²) in [7, 11) is 1.51. The van der Waals surface area contributed by atoms with Gasteiger partial charge in [0.25, 0.3) is 11.5 Å². The second kappa shape index (κ2) is 8.31. The van der Waals surface area contributed by atoms with E-state index in [2.05, 4.69) is 15.4 Å². The molecule has 0 aliphatic carbocycles. The maximum atomic E-state index is 14.4. The number of nitrogens with one attached hydrogen (secondary N) is 1. The van der Waals surface area contributed by atoms with Gasteiger partial charge in [-0.3, -0.25) is 19.5 Å². The molecule has 0 saturated carbocycles. The molecule has 3 aromatic heterocycles. The van der Waals surface area contributed by atoms with Crippen molar-refractivity contribution >= 4 is 33.4 Å². The summed E-state index contributed by atoms with van der Waals surface area (Å²) < 4.78 is 31.2. The van der Waals surface area contributed by atoms with E-state index in [0.29, 0.717) is 27.2 Å². The van der Waals surface area contributed by atoms with E-state index in [4.69, 9.17) is 0 Å². The minimum absolute atomic E-state index is 0.244. The summed E-state index contributed by atoms with van der Waals surface area (Å²) >= 11 is 1.30. The lowest BCUT2D eigenvalue weighted by atomic mass is 9.98. The van der Waals surface area contributed by atoms with Gasteiger partial charge in [0.1, 0.15) is 11.3 Å². The predicted octanol–water partition coefficient (Wildman–Crippen LogP) is 4.69. The molecule has 5 rings (SSSR count). The molecule has 0 bridgehead atoms. The lowest BCUT2D eigenvalue weighted by Crippen LogP contribution is -2.21. The van der Waals surface area contributed by atoms with Gasteiger partial charge in [0.2, 0.25) is 0 Å². The summed E-state index contributed by atoms with van der Waals surface area (Å²) in [5.74, 6) is -1.94. The number of hydrogen-bond acceptors (Lipinski definition) is 5. The molecular weight excluding hydrogens is 460 g/mol. The van der Waals surface area contributed by atoms with Gasteiger partial charge in [-0.05, 0) is 48.4 Å². The van der Waals surface area contributed by atoms with Crippen molar-refractivity contribution in [2.45, 2.75) is 6.92 Å². The number of halogens is 2. The van der Waals surface area contributed by atoms with Crippen molar-refractivity contribution < 1.29 is 13.6 Å². The Morgan fingerprint density at radius 3 is 2.56 bits per heavy atom. The number of nitrogens with zero attached hydrogens (tertiary/aromatic N) is 4. The molecule has 170 valence electrons. The summed E-state index contributed by atoms with van der Waals surface area (Å²) in [6, 6.07) is 10.2. The highest BCUT2D eigenvalue weighted by atomic mass is 32.1. The van der Waals surface area contributed by atoms with E-state index in [1.54, 1.807) is 35.8 Å². The van der Waals surface area contributed by atoms with Crippen LogP contribution in [-0.4, -0.2) is 25.2 Å². The first-order chi connectivity index (χ1) is 16.3. The standard InChI is InChI=1S/C24H17F2N5O2S/c1-13-6-7-14(21(32)29-24-27-8-9-34-24)10-16(13)17-11-15-12-28-31(22(15)30(2)23(17)33)20-18(25)4-3-5-19(20)26/h3-12H,1-2H3,(H,27,29,32). The second-order valence-electron chi connectivity index (χ2n) is 7.65.